The van der Waals surface area contributed by atoms with Crippen LogP contribution in [0.1, 0.15) is 25.8 Å². The highest BCUT2D eigenvalue weighted by Crippen LogP contribution is 2.19. The molecule has 0 bridgehead atoms. The van der Waals surface area contributed by atoms with Crippen LogP contribution < -0.4 is 5.63 Å². The molecule has 1 heterocycles. The fraction of sp³-hybridized carbons (Fsp3) is 0.214. The number of nitrogens with zero attached hydrogens (tertiary/aromatic N) is 1. The number of benzene rings is 1. The van der Waals surface area contributed by atoms with Crippen LogP contribution in [-0.2, 0) is 9.63 Å². The Labute approximate surface area is 123 Å². The van der Waals surface area contributed by atoms with Crippen molar-refractivity contribution in [2.75, 3.05) is 0 Å². The van der Waals surface area contributed by atoms with Crippen LogP contribution in [0.5, 0.6) is 0 Å². The first kappa shape index (κ1) is 14.5. The molecule has 5 nitrogen and oxygen atoms in total. The fourth-order valence-electron chi connectivity index (χ4n) is 1.72. The summed E-state index contributed by atoms with van der Waals surface area (Å²) in [5.74, 6) is -0.538. The molecule has 0 aliphatic carbocycles. The van der Waals surface area contributed by atoms with Gasteiger partial charge in [0.05, 0.1) is 11.3 Å². The number of fused-ring (bicyclic) bond motifs is 1. The fourth-order valence-corrected chi connectivity index (χ4v) is 2.10. The molecular weight excluding hydrogens is 326 g/mol. The third-order valence-corrected chi connectivity index (χ3v) is 3.12. The van der Waals surface area contributed by atoms with Crippen LogP contribution in [0.4, 0.5) is 0 Å². The lowest BCUT2D eigenvalue weighted by atomic mass is 10.1. The first-order chi connectivity index (χ1) is 9.51. The van der Waals surface area contributed by atoms with Crippen molar-refractivity contribution in [1.82, 2.24) is 0 Å². The average molecular weight is 338 g/mol. The van der Waals surface area contributed by atoms with Crippen LogP contribution in [0.3, 0.4) is 0 Å². The van der Waals surface area contributed by atoms with Gasteiger partial charge in [-0.05, 0) is 30.7 Å². The normalized spacial score (nSPS) is 11.7. The van der Waals surface area contributed by atoms with Crippen LogP contribution in [0, 0.1) is 0 Å². The summed E-state index contributed by atoms with van der Waals surface area (Å²) < 4.78 is 6.11. The molecule has 0 saturated heterocycles. The summed E-state index contributed by atoms with van der Waals surface area (Å²) in [4.78, 5) is 27.4. The summed E-state index contributed by atoms with van der Waals surface area (Å²) in [6, 6.07) is 7.01. The van der Waals surface area contributed by atoms with Gasteiger partial charge in [0, 0.05) is 16.8 Å². The predicted octanol–water partition coefficient (Wildman–Crippen LogP) is 3.23. The van der Waals surface area contributed by atoms with Crippen molar-refractivity contribution in [2.45, 2.75) is 20.3 Å². The number of oxime groups is 1. The number of hydrogen-bond donors (Lipinski definition) is 0. The van der Waals surface area contributed by atoms with Gasteiger partial charge in [-0.15, -0.1) is 0 Å². The summed E-state index contributed by atoms with van der Waals surface area (Å²) in [5, 5.41) is 4.46. The van der Waals surface area contributed by atoms with Crippen LogP contribution in [-0.4, -0.2) is 11.7 Å². The van der Waals surface area contributed by atoms with Crippen molar-refractivity contribution in [3.63, 3.8) is 0 Å². The van der Waals surface area contributed by atoms with Crippen molar-refractivity contribution in [3.8, 4) is 0 Å². The Bertz CT molecular complexity index is 748. The molecule has 0 aliphatic heterocycles. The van der Waals surface area contributed by atoms with Crippen LogP contribution in [0.25, 0.3) is 11.0 Å². The van der Waals surface area contributed by atoms with Crippen molar-refractivity contribution in [2.24, 2.45) is 5.16 Å². The average Bonchev–Trinajstić information content (AvgIpc) is 2.40. The summed E-state index contributed by atoms with van der Waals surface area (Å²) in [6.07, 6.45) is 0.442. The smallest absolute Gasteiger partial charge is 0.345 e. The lowest BCUT2D eigenvalue weighted by molar-refractivity contribution is -0.140. The zero-order chi connectivity index (χ0) is 14.7. The van der Waals surface area contributed by atoms with E-state index >= 15 is 0 Å². The molecule has 0 amide bonds. The van der Waals surface area contributed by atoms with E-state index in [0.717, 1.165) is 9.86 Å². The third kappa shape index (κ3) is 3.14. The van der Waals surface area contributed by atoms with Gasteiger partial charge >= 0.3 is 11.6 Å². The van der Waals surface area contributed by atoms with Crippen molar-refractivity contribution in [1.29, 1.82) is 0 Å². The predicted molar refractivity (Wildman–Crippen MR) is 78.8 cm³/mol. The maximum atomic E-state index is 12.0. The maximum Gasteiger partial charge on any atom is 0.345 e. The zero-order valence-corrected chi connectivity index (χ0v) is 12.6. The van der Waals surface area contributed by atoms with Gasteiger partial charge in [-0.25, -0.2) is 9.59 Å². The molecule has 2 rings (SSSR count). The minimum absolute atomic E-state index is 0.291. The second-order valence-electron chi connectivity index (χ2n) is 4.10. The van der Waals surface area contributed by atoms with E-state index in [9.17, 15) is 9.59 Å². The molecule has 0 unspecified atom stereocenters. The van der Waals surface area contributed by atoms with E-state index in [1.54, 1.807) is 18.2 Å². The van der Waals surface area contributed by atoms with Gasteiger partial charge in [0.15, 0.2) is 0 Å². The lowest BCUT2D eigenvalue weighted by Gasteiger charge is -2.04. The number of hydrogen-bond acceptors (Lipinski definition) is 5. The highest BCUT2D eigenvalue weighted by atomic mass is 79.9. The van der Waals surface area contributed by atoms with E-state index in [4.69, 9.17) is 4.42 Å². The molecule has 0 spiro atoms. The molecule has 0 fully saturated rings. The summed E-state index contributed by atoms with van der Waals surface area (Å²) in [7, 11) is 0. The number of halogens is 1. The van der Waals surface area contributed by atoms with Gasteiger partial charge in [-0.3, -0.25) is 0 Å². The van der Waals surface area contributed by atoms with Gasteiger partial charge in [-0.2, -0.15) is 0 Å². The number of rotatable bonds is 3. The molecule has 0 aliphatic rings. The molecule has 1 aromatic heterocycles. The second-order valence-corrected chi connectivity index (χ2v) is 5.02. The van der Waals surface area contributed by atoms with E-state index in [-0.39, 0.29) is 0 Å². The Morgan fingerprint density at radius 1 is 1.40 bits per heavy atom. The summed E-state index contributed by atoms with van der Waals surface area (Å²) in [5.41, 5.74) is 0.646. The van der Waals surface area contributed by atoms with Gasteiger partial charge in [-0.1, -0.05) is 28.0 Å². The van der Waals surface area contributed by atoms with E-state index in [2.05, 4.69) is 25.9 Å². The number of carbonyl (C=O) groups is 1. The molecule has 0 atom stereocenters. The minimum Gasteiger partial charge on any atom is -0.422 e. The van der Waals surface area contributed by atoms with Crippen LogP contribution in [0.15, 0.2) is 43.1 Å². The number of carbonyl (C=O) groups excluding carboxylic acids is 1. The Kier molecular flexibility index (Phi) is 4.34. The molecule has 0 radical (unpaired) electrons. The highest BCUT2D eigenvalue weighted by Gasteiger charge is 2.12. The topological polar surface area (TPSA) is 68.9 Å². The molecule has 20 heavy (non-hydrogen) atoms. The van der Waals surface area contributed by atoms with Crippen LogP contribution >= 0.6 is 15.9 Å². The van der Waals surface area contributed by atoms with Crippen LogP contribution in [0.2, 0.25) is 0 Å². The van der Waals surface area contributed by atoms with Crippen molar-refractivity contribution in [3.05, 3.63) is 44.7 Å². The van der Waals surface area contributed by atoms with E-state index < -0.39 is 11.6 Å². The highest BCUT2D eigenvalue weighted by molar-refractivity contribution is 9.10. The third-order valence-electron chi connectivity index (χ3n) is 2.62. The quantitative estimate of drug-likeness (QED) is 0.373. The Morgan fingerprint density at radius 3 is 2.80 bits per heavy atom. The van der Waals surface area contributed by atoms with E-state index in [0.29, 0.717) is 23.3 Å². The lowest BCUT2D eigenvalue weighted by Crippen LogP contribution is -2.14. The molecule has 104 valence electrons. The Balaban J connectivity index is 2.57. The van der Waals surface area contributed by atoms with Gasteiger partial charge in [0.1, 0.15) is 5.58 Å². The molecule has 6 heteroatoms. The maximum absolute atomic E-state index is 12.0. The molecular formula is C14H12BrNO4. The first-order valence-electron chi connectivity index (χ1n) is 5.99. The Morgan fingerprint density at radius 2 is 2.15 bits per heavy atom. The van der Waals surface area contributed by atoms with Gasteiger partial charge < -0.3 is 9.25 Å². The zero-order valence-electron chi connectivity index (χ0n) is 11.0. The SMILES string of the molecule is CCC(=NOC(C)=O)c1cc2cc(Br)ccc2oc1=O. The van der Waals surface area contributed by atoms with Gasteiger partial charge in [0.2, 0.25) is 0 Å². The molecule has 0 N–H and O–H groups in total. The first-order valence-corrected chi connectivity index (χ1v) is 6.78. The second kappa shape index (κ2) is 6.00. The van der Waals surface area contributed by atoms with Gasteiger partial charge in [0.25, 0.3) is 0 Å². The minimum atomic E-state index is -0.538. The van der Waals surface area contributed by atoms with E-state index in [1.165, 1.54) is 6.92 Å². The monoisotopic (exact) mass is 337 g/mol. The summed E-state index contributed by atoms with van der Waals surface area (Å²) in [6.45, 7) is 3.06. The molecule has 0 saturated carbocycles. The van der Waals surface area contributed by atoms with Crippen molar-refractivity contribution < 1.29 is 14.0 Å². The Hall–Kier alpha value is -1.95. The molecule has 1 aromatic carbocycles. The van der Waals surface area contributed by atoms with E-state index in [1.807, 2.05) is 13.0 Å². The largest absolute Gasteiger partial charge is 0.422 e. The van der Waals surface area contributed by atoms with Crippen molar-refractivity contribution >= 4 is 38.6 Å². The standard InChI is InChI=1S/C14H12BrNO4/c1-3-12(16-20-8(2)17)11-7-9-6-10(15)4-5-13(9)19-14(11)18/h4-7H,3H2,1-2H3. The molecule has 2 aromatic rings. The summed E-state index contributed by atoms with van der Waals surface area (Å²) >= 11 is 3.36.